The monoisotopic (exact) mass is 207 g/mol. The van der Waals surface area contributed by atoms with Crippen molar-refractivity contribution < 1.29 is 0 Å². The Kier molecular flexibility index (Phi) is 2.88. The summed E-state index contributed by atoms with van der Waals surface area (Å²) in [5, 5.41) is 8.27. The van der Waals surface area contributed by atoms with Crippen LogP contribution in [0.3, 0.4) is 0 Å². The lowest BCUT2D eigenvalue weighted by atomic mass is 10.2. The van der Waals surface area contributed by atoms with Gasteiger partial charge in [0.1, 0.15) is 0 Å². The van der Waals surface area contributed by atoms with Crippen molar-refractivity contribution in [3.05, 3.63) is 40.4 Å². The maximum absolute atomic E-state index is 8.27. The van der Waals surface area contributed by atoms with Gasteiger partial charge < -0.3 is 0 Å². The molecule has 0 aliphatic rings. The van der Waals surface area contributed by atoms with E-state index < -0.39 is 0 Å². The normalized spacial score (nSPS) is 9.82. The van der Waals surface area contributed by atoms with Gasteiger partial charge in [0.25, 0.3) is 0 Å². The fourth-order valence-electron chi connectivity index (χ4n) is 0.737. The van der Waals surface area contributed by atoms with Crippen LogP contribution in [0.15, 0.2) is 34.8 Å². The third kappa shape index (κ3) is 2.21. The number of allylic oxidation sites excluding steroid dienone is 1. The van der Waals surface area contributed by atoms with Crippen molar-refractivity contribution in [2.45, 2.75) is 0 Å². The molecule has 1 nitrogen and oxygen atoms in total. The average molecular weight is 208 g/mol. The molecule has 0 aromatic heterocycles. The van der Waals surface area contributed by atoms with Crippen molar-refractivity contribution in [2.75, 3.05) is 0 Å². The van der Waals surface area contributed by atoms with E-state index in [0.717, 1.165) is 10.0 Å². The van der Waals surface area contributed by atoms with Gasteiger partial charge in [-0.15, -0.1) is 0 Å². The minimum absolute atomic E-state index is 1.01. The smallest absolute Gasteiger partial charge is 0.0912 e. The molecule has 0 radical (unpaired) electrons. The third-order valence-electron chi connectivity index (χ3n) is 1.24. The maximum Gasteiger partial charge on any atom is 0.0912 e. The van der Waals surface area contributed by atoms with Crippen LogP contribution in [0.5, 0.6) is 0 Å². The molecule has 0 heterocycles. The standard InChI is InChI=1S/C9H6BrN/c10-9-6-2-1-4-8(9)5-3-7-11/h1-6H/b5-3+. The van der Waals surface area contributed by atoms with Crippen LogP contribution < -0.4 is 0 Å². The molecule has 1 aromatic rings. The van der Waals surface area contributed by atoms with Gasteiger partial charge in [0, 0.05) is 10.5 Å². The molecule has 0 saturated heterocycles. The van der Waals surface area contributed by atoms with Crippen molar-refractivity contribution in [3.8, 4) is 6.07 Å². The number of nitriles is 1. The van der Waals surface area contributed by atoms with Gasteiger partial charge in [0.2, 0.25) is 0 Å². The Labute approximate surface area is 74.1 Å². The summed E-state index contributed by atoms with van der Waals surface area (Å²) in [5.74, 6) is 0. The average Bonchev–Trinajstić information content (AvgIpc) is 2.03. The molecule has 0 aliphatic heterocycles. The number of rotatable bonds is 1. The van der Waals surface area contributed by atoms with Crippen molar-refractivity contribution in [3.63, 3.8) is 0 Å². The molecule has 1 rings (SSSR count). The van der Waals surface area contributed by atoms with Gasteiger partial charge in [-0.1, -0.05) is 34.1 Å². The highest BCUT2D eigenvalue weighted by Crippen LogP contribution is 2.16. The molecule has 0 bridgehead atoms. The number of hydrogen-bond donors (Lipinski definition) is 0. The van der Waals surface area contributed by atoms with E-state index in [0.29, 0.717) is 0 Å². The first-order chi connectivity index (χ1) is 5.34. The lowest BCUT2D eigenvalue weighted by molar-refractivity contribution is 1.53. The first-order valence-corrected chi connectivity index (χ1v) is 3.94. The Morgan fingerprint density at radius 1 is 1.36 bits per heavy atom. The molecule has 0 amide bonds. The summed E-state index contributed by atoms with van der Waals surface area (Å²) in [6, 6.07) is 9.70. The van der Waals surface area contributed by atoms with Gasteiger partial charge in [-0.25, -0.2) is 0 Å². The first-order valence-electron chi connectivity index (χ1n) is 3.15. The fourth-order valence-corrected chi connectivity index (χ4v) is 1.15. The SMILES string of the molecule is N#C/C=C/c1ccccc1Br. The number of benzene rings is 1. The molecule has 0 N–H and O–H groups in total. The van der Waals surface area contributed by atoms with E-state index >= 15 is 0 Å². The first kappa shape index (κ1) is 8.03. The highest BCUT2D eigenvalue weighted by molar-refractivity contribution is 9.10. The minimum atomic E-state index is 1.01. The Balaban J connectivity index is 2.97. The zero-order chi connectivity index (χ0) is 8.10. The van der Waals surface area contributed by atoms with Crippen LogP contribution in [0.4, 0.5) is 0 Å². The molecule has 1 aromatic carbocycles. The lowest BCUT2D eigenvalue weighted by Crippen LogP contribution is -1.71. The van der Waals surface area contributed by atoms with Crippen molar-refractivity contribution in [1.29, 1.82) is 5.26 Å². The second-order valence-electron chi connectivity index (χ2n) is 1.98. The van der Waals surface area contributed by atoms with Gasteiger partial charge in [-0.3, -0.25) is 0 Å². The van der Waals surface area contributed by atoms with E-state index in [1.54, 1.807) is 6.08 Å². The summed E-state index contributed by atoms with van der Waals surface area (Å²) in [6.45, 7) is 0. The van der Waals surface area contributed by atoms with Crippen LogP contribution in [0.1, 0.15) is 5.56 Å². The molecular weight excluding hydrogens is 202 g/mol. The Hall–Kier alpha value is -1.07. The van der Waals surface area contributed by atoms with E-state index in [2.05, 4.69) is 15.9 Å². The van der Waals surface area contributed by atoms with Gasteiger partial charge in [0.05, 0.1) is 6.07 Å². The van der Waals surface area contributed by atoms with E-state index in [9.17, 15) is 0 Å². The molecule has 0 aliphatic carbocycles. The number of nitrogens with zero attached hydrogens (tertiary/aromatic N) is 1. The van der Waals surface area contributed by atoms with E-state index in [-0.39, 0.29) is 0 Å². The molecule has 0 fully saturated rings. The highest BCUT2D eigenvalue weighted by Gasteiger charge is 1.90. The number of halogens is 1. The van der Waals surface area contributed by atoms with Crippen LogP contribution in [-0.4, -0.2) is 0 Å². The predicted molar refractivity (Wildman–Crippen MR) is 48.8 cm³/mol. The summed E-state index contributed by atoms with van der Waals surface area (Å²) in [4.78, 5) is 0. The second kappa shape index (κ2) is 3.95. The zero-order valence-electron chi connectivity index (χ0n) is 5.79. The van der Waals surface area contributed by atoms with Gasteiger partial charge in [0.15, 0.2) is 0 Å². The zero-order valence-corrected chi connectivity index (χ0v) is 7.38. The molecule has 0 saturated carbocycles. The highest BCUT2D eigenvalue weighted by atomic mass is 79.9. The molecular formula is C9H6BrN. The van der Waals surface area contributed by atoms with Crippen LogP contribution in [-0.2, 0) is 0 Å². The Morgan fingerprint density at radius 2 is 2.09 bits per heavy atom. The fraction of sp³-hybridized carbons (Fsp3) is 0. The number of hydrogen-bond acceptors (Lipinski definition) is 1. The van der Waals surface area contributed by atoms with Crippen LogP contribution in [0.25, 0.3) is 6.08 Å². The quantitative estimate of drug-likeness (QED) is 0.650. The van der Waals surface area contributed by atoms with E-state index in [1.165, 1.54) is 6.08 Å². The minimum Gasteiger partial charge on any atom is -0.193 e. The molecule has 54 valence electrons. The van der Waals surface area contributed by atoms with E-state index in [4.69, 9.17) is 5.26 Å². The van der Waals surface area contributed by atoms with Crippen LogP contribution in [0.2, 0.25) is 0 Å². The molecule has 0 atom stereocenters. The van der Waals surface area contributed by atoms with Crippen molar-refractivity contribution >= 4 is 22.0 Å². The van der Waals surface area contributed by atoms with Crippen LogP contribution >= 0.6 is 15.9 Å². The second-order valence-corrected chi connectivity index (χ2v) is 2.84. The summed E-state index contributed by atoms with van der Waals surface area (Å²) in [7, 11) is 0. The van der Waals surface area contributed by atoms with Gasteiger partial charge >= 0.3 is 0 Å². The molecule has 11 heavy (non-hydrogen) atoms. The topological polar surface area (TPSA) is 23.8 Å². The summed E-state index contributed by atoms with van der Waals surface area (Å²) in [5.41, 5.74) is 1.02. The maximum atomic E-state index is 8.27. The van der Waals surface area contributed by atoms with E-state index in [1.807, 2.05) is 30.3 Å². The summed E-state index contributed by atoms with van der Waals surface area (Å²) < 4.78 is 1.01. The van der Waals surface area contributed by atoms with Gasteiger partial charge in [-0.05, 0) is 17.7 Å². The largest absolute Gasteiger partial charge is 0.193 e. The Morgan fingerprint density at radius 3 is 2.73 bits per heavy atom. The van der Waals surface area contributed by atoms with Crippen molar-refractivity contribution in [2.24, 2.45) is 0 Å². The van der Waals surface area contributed by atoms with Crippen LogP contribution in [0, 0.1) is 11.3 Å². The van der Waals surface area contributed by atoms with Crippen molar-refractivity contribution in [1.82, 2.24) is 0 Å². The third-order valence-corrected chi connectivity index (χ3v) is 1.96. The molecule has 0 unspecified atom stereocenters. The lowest BCUT2D eigenvalue weighted by Gasteiger charge is -1.93. The predicted octanol–water partition coefficient (Wildman–Crippen LogP) is 2.99. The molecule has 0 spiro atoms. The summed E-state index contributed by atoms with van der Waals surface area (Å²) >= 11 is 3.37. The van der Waals surface area contributed by atoms with Gasteiger partial charge in [-0.2, -0.15) is 5.26 Å². The summed E-state index contributed by atoms with van der Waals surface area (Å²) in [6.07, 6.45) is 3.23. The Bertz CT molecular complexity index is 310. The molecule has 2 heteroatoms.